The van der Waals surface area contributed by atoms with E-state index < -0.39 is 10.0 Å². The van der Waals surface area contributed by atoms with Crippen molar-refractivity contribution in [2.24, 2.45) is 0 Å². The van der Waals surface area contributed by atoms with Gasteiger partial charge in [0.05, 0.1) is 11.8 Å². The van der Waals surface area contributed by atoms with Crippen LogP contribution in [-0.2, 0) is 10.0 Å². The summed E-state index contributed by atoms with van der Waals surface area (Å²) in [5, 5.41) is 3.11. The van der Waals surface area contributed by atoms with Crippen molar-refractivity contribution in [3.63, 3.8) is 0 Å². The Morgan fingerprint density at radius 3 is 2.52 bits per heavy atom. The van der Waals surface area contributed by atoms with Gasteiger partial charge in [0.25, 0.3) is 5.91 Å². The first-order valence-electron chi connectivity index (χ1n) is 6.50. The lowest BCUT2D eigenvalue weighted by Gasteiger charge is -2.16. The van der Waals surface area contributed by atoms with Crippen LogP contribution in [0.15, 0.2) is 18.2 Å². The molecule has 7 nitrogen and oxygen atoms in total. The van der Waals surface area contributed by atoms with Crippen molar-refractivity contribution < 1.29 is 13.2 Å². The number of rotatable bonds is 7. The van der Waals surface area contributed by atoms with Crippen LogP contribution < -0.4 is 15.8 Å². The number of nitrogens with one attached hydrogen (secondary N) is 2. The molecule has 0 heterocycles. The molecule has 1 amide bonds. The van der Waals surface area contributed by atoms with Gasteiger partial charge in [-0.2, -0.15) is 0 Å². The molecule has 118 valence electrons. The van der Waals surface area contributed by atoms with Crippen molar-refractivity contribution in [2.75, 3.05) is 44.5 Å². The molecule has 0 aliphatic carbocycles. The molecule has 0 fully saturated rings. The summed E-state index contributed by atoms with van der Waals surface area (Å²) in [7, 11) is 0.191. The van der Waals surface area contributed by atoms with E-state index in [9.17, 15) is 13.2 Å². The van der Waals surface area contributed by atoms with E-state index in [0.29, 0.717) is 36.4 Å². The molecule has 4 N–H and O–H groups in total. The lowest BCUT2D eigenvalue weighted by atomic mass is 10.1. The largest absolute Gasteiger partial charge is 0.399 e. The van der Waals surface area contributed by atoms with Gasteiger partial charge >= 0.3 is 0 Å². The van der Waals surface area contributed by atoms with E-state index in [2.05, 4.69) is 10.0 Å². The van der Waals surface area contributed by atoms with Gasteiger partial charge in [0, 0.05) is 38.6 Å². The topological polar surface area (TPSA) is 105 Å². The molecule has 0 atom stereocenters. The number of amides is 1. The predicted octanol–water partition coefficient (Wildman–Crippen LogP) is 0.322. The van der Waals surface area contributed by atoms with Gasteiger partial charge < -0.3 is 16.0 Å². The molecule has 0 aromatic heterocycles. The van der Waals surface area contributed by atoms with Gasteiger partial charge in [-0.1, -0.05) is 0 Å². The molecular weight excluding hydrogens is 292 g/mol. The van der Waals surface area contributed by atoms with Crippen LogP contribution >= 0.6 is 0 Å². The zero-order chi connectivity index (χ0) is 16.0. The summed E-state index contributed by atoms with van der Waals surface area (Å²) in [6, 6.07) is 5.04. The Morgan fingerprint density at radius 1 is 1.29 bits per heavy atom. The van der Waals surface area contributed by atoms with Crippen LogP contribution in [0.3, 0.4) is 0 Å². The maximum absolute atomic E-state index is 12.1. The van der Waals surface area contributed by atoms with Crippen LogP contribution in [0.25, 0.3) is 0 Å². The zero-order valence-electron chi connectivity index (χ0n) is 12.5. The van der Waals surface area contributed by atoms with Crippen LogP contribution in [-0.4, -0.2) is 52.7 Å². The van der Waals surface area contributed by atoms with E-state index in [4.69, 9.17) is 5.73 Å². The third-order valence-electron chi connectivity index (χ3n) is 2.71. The van der Waals surface area contributed by atoms with Gasteiger partial charge in [0.15, 0.2) is 0 Å². The normalized spacial score (nSPS) is 11.2. The molecule has 0 bridgehead atoms. The number of carbonyl (C=O) groups excluding carboxylic acids is 1. The van der Waals surface area contributed by atoms with E-state index in [1.165, 1.54) is 4.90 Å². The molecule has 0 radical (unpaired) electrons. The number of sulfonamides is 1. The van der Waals surface area contributed by atoms with E-state index >= 15 is 0 Å². The first-order valence-corrected chi connectivity index (χ1v) is 8.39. The molecule has 21 heavy (non-hydrogen) atoms. The summed E-state index contributed by atoms with van der Waals surface area (Å²) >= 11 is 0. The maximum atomic E-state index is 12.1. The smallest absolute Gasteiger partial charge is 0.255 e. The quantitative estimate of drug-likeness (QED) is 0.497. The highest BCUT2D eigenvalue weighted by atomic mass is 32.2. The standard InChI is InChI=1S/C13H22N4O3S/c1-17(2)13(18)11-6-5-10(14)9-12(11)15-7-4-8-16-21(3,19)20/h5-6,9,15-16H,4,7-8,14H2,1-3H3. The fourth-order valence-electron chi connectivity index (χ4n) is 1.70. The van der Waals surface area contributed by atoms with Crippen molar-refractivity contribution in [1.82, 2.24) is 9.62 Å². The lowest BCUT2D eigenvalue weighted by molar-refractivity contribution is 0.0828. The predicted molar refractivity (Wildman–Crippen MR) is 84.8 cm³/mol. The molecular formula is C13H22N4O3S. The molecule has 1 aromatic carbocycles. The highest BCUT2D eigenvalue weighted by molar-refractivity contribution is 7.88. The minimum Gasteiger partial charge on any atom is -0.399 e. The van der Waals surface area contributed by atoms with Crippen molar-refractivity contribution in [1.29, 1.82) is 0 Å². The summed E-state index contributed by atoms with van der Waals surface area (Å²) in [5.74, 6) is -0.119. The molecule has 0 aliphatic heterocycles. The first-order chi connectivity index (χ1) is 9.70. The van der Waals surface area contributed by atoms with Gasteiger partial charge in [-0.05, 0) is 24.6 Å². The van der Waals surface area contributed by atoms with Crippen LogP contribution in [0.1, 0.15) is 16.8 Å². The number of benzene rings is 1. The van der Waals surface area contributed by atoms with E-state index in [0.717, 1.165) is 6.26 Å². The summed E-state index contributed by atoms with van der Waals surface area (Å²) < 4.78 is 24.3. The van der Waals surface area contributed by atoms with E-state index in [1.807, 2.05) is 0 Å². The third kappa shape index (κ3) is 6.01. The number of nitrogen functional groups attached to an aromatic ring is 1. The number of nitrogens with two attached hydrogens (primary N) is 1. The Kier molecular flexibility index (Phi) is 5.98. The summed E-state index contributed by atoms with van der Waals surface area (Å²) in [6.45, 7) is 0.866. The Balaban J connectivity index is 2.65. The molecule has 0 aliphatic rings. The molecule has 8 heteroatoms. The van der Waals surface area contributed by atoms with Crippen molar-refractivity contribution >= 4 is 27.3 Å². The molecule has 0 unspecified atom stereocenters. The van der Waals surface area contributed by atoms with Crippen molar-refractivity contribution in [3.05, 3.63) is 23.8 Å². The van der Waals surface area contributed by atoms with Gasteiger partial charge in [-0.25, -0.2) is 13.1 Å². The first kappa shape index (κ1) is 17.3. The number of nitrogens with zero attached hydrogens (tertiary/aromatic N) is 1. The van der Waals surface area contributed by atoms with Crippen molar-refractivity contribution in [2.45, 2.75) is 6.42 Å². The number of hydrogen-bond donors (Lipinski definition) is 3. The van der Waals surface area contributed by atoms with Crippen LogP contribution in [0, 0.1) is 0 Å². The average molecular weight is 314 g/mol. The molecule has 0 saturated carbocycles. The van der Waals surface area contributed by atoms with Gasteiger partial charge in [-0.3, -0.25) is 4.79 Å². The highest BCUT2D eigenvalue weighted by Gasteiger charge is 2.13. The Labute approximate surface area is 125 Å². The average Bonchev–Trinajstić information content (AvgIpc) is 2.36. The zero-order valence-corrected chi connectivity index (χ0v) is 13.3. The fraction of sp³-hybridized carbons (Fsp3) is 0.462. The second kappa shape index (κ2) is 7.28. The van der Waals surface area contributed by atoms with Crippen LogP contribution in [0.5, 0.6) is 0 Å². The Bertz CT molecular complexity index is 599. The van der Waals surface area contributed by atoms with E-state index in [1.54, 1.807) is 32.3 Å². The van der Waals surface area contributed by atoms with Gasteiger partial charge in [-0.15, -0.1) is 0 Å². The third-order valence-corrected chi connectivity index (χ3v) is 3.44. The highest BCUT2D eigenvalue weighted by Crippen LogP contribution is 2.20. The van der Waals surface area contributed by atoms with Crippen LogP contribution in [0.2, 0.25) is 0 Å². The van der Waals surface area contributed by atoms with Crippen LogP contribution in [0.4, 0.5) is 11.4 Å². The van der Waals surface area contributed by atoms with Crippen molar-refractivity contribution in [3.8, 4) is 0 Å². The molecule has 1 aromatic rings. The summed E-state index contributed by atoms with van der Waals surface area (Å²) in [4.78, 5) is 13.5. The van der Waals surface area contributed by atoms with E-state index in [-0.39, 0.29) is 5.91 Å². The monoisotopic (exact) mass is 314 g/mol. The number of carbonyl (C=O) groups is 1. The maximum Gasteiger partial charge on any atom is 0.255 e. The molecule has 0 spiro atoms. The second-order valence-corrected chi connectivity index (χ2v) is 6.78. The minimum atomic E-state index is -3.17. The van der Waals surface area contributed by atoms with Gasteiger partial charge in [0.1, 0.15) is 0 Å². The minimum absolute atomic E-state index is 0.119. The number of hydrogen-bond acceptors (Lipinski definition) is 5. The summed E-state index contributed by atoms with van der Waals surface area (Å²) in [6.07, 6.45) is 1.71. The molecule has 0 saturated heterocycles. The molecule has 1 rings (SSSR count). The second-order valence-electron chi connectivity index (χ2n) is 4.95. The Hall–Kier alpha value is -1.80. The number of anilines is 2. The summed E-state index contributed by atoms with van der Waals surface area (Å²) in [5.41, 5.74) is 7.47. The Morgan fingerprint density at radius 2 is 1.95 bits per heavy atom. The SMILES string of the molecule is CN(C)C(=O)c1ccc(N)cc1NCCCNS(C)(=O)=O. The fourth-order valence-corrected chi connectivity index (χ4v) is 2.22. The van der Waals surface area contributed by atoms with Gasteiger partial charge in [0.2, 0.25) is 10.0 Å². The lowest BCUT2D eigenvalue weighted by Crippen LogP contribution is -2.25.